The molecule has 0 aromatic heterocycles. The summed E-state index contributed by atoms with van der Waals surface area (Å²) in [6.45, 7) is 0. The molecule has 15 aromatic carbocycles. The Morgan fingerprint density at radius 3 is 1.20 bits per heavy atom. The second kappa shape index (κ2) is 21.5. The molecule has 15 aromatic rings. The molecule has 1 heterocycles. The van der Waals surface area contributed by atoms with Gasteiger partial charge in [0, 0.05) is 11.1 Å². The van der Waals surface area contributed by atoms with E-state index >= 15 is 0 Å². The largest absolute Gasteiger partial charge is 0.344 e. The maximum atomic E-state index is 5.01. The summed E-state index contributed by atoms with van der Waals surface area (Å²) in [6.07, 6.45) is -0.236. The standard InChI is InChI=1S/C83H55N3/c1-3-15-63(16-4-1)81-84-82(64-17-5-2-6-18-64)86-83(85-81)65-42-34-58(35-43-65)68-46-48-69-50-67(45-47-70(69)51-68)57-30-26-55(27-31-57)56-28-32-59(33-29-56)71-44-39-60-20-13-25-73(78(60)53-71)61-37-40-62(41-38-61)79-74-21-9-11-23-76(74)80(77-24-12-10-22-75(77)79)72-49-36-54-14-7-8-19-66(54)52-72/h1-53,81H,(H,84,85,86). The Labute approximate surface area is 500 Å². The molecule has 0 spiro atoms. The van der Waals surface area contributed by atoms with Crippen LogP contribution in [0.25, 0.3) is 132 Å². The molecule has 0 aliphatic carbocycles. The number of benzene rings is 15. The number of fused-ring (bicyclic) bond motifs is 5. The van der Waals surface area contributed by atoms with Crippen LogP contribution in [-0.4, -0.2) is 11.7 Å². The van der Waals surface area contributed by atoms with Crippen molar-refractivity contribution in [3.05, 3.63) is 338 Å². The number of nitrogens with zero attached hydrogens (tertiary/aromatic N) is 2. The van der Waals surface area contributed by atoms with Gasteiger partial charge in [-0.3, -0.25) is 0 Å². The topological polar surface area (TPSA) is 36.8 Å². The van der Waals surface area contributed by atoms with E-state index in [2.05, 4.69) is 290 Å². The second-order valence-corrected chi connectivity index (χ2v) is 22.5. The van der Waals surface area contributed by atoms with Crippen molar-refractivity contribution in [2.45, 2.75) is 6.17 Å². The van der Waals surface area contributed by atoms with Crippen LogP contribution in [0.15, 0.2) is 332 Å². The lowest BCUT2D eigenvalue weighted by atomic mass is 9.85. The van der Waals surface area contributed by atoms with E-state index in [9.17, 15) is 0 Å². The molecule has 3 nitrogen and oxygen atoms in total. The number of nitrogens with one attached hydrogen (secondary N) is 1. The Hall–Kier alpha value is -11.3. The highest BCUT2D eigenvalue weighted by Gasteiger charge is 2.22. The third kappa shape index (κ3) is 9.38. The zero-order valence-electron chi connectivity index (χ0n) is 47.1. The molecule has 1 aliphatic heterocycles. The summed E-state index contributed by atoms with van der Waals surface area (Å²) in [5, 5.41) is 16.0. The van der Waals surface area contributed by atoms with Gasteiger partial charge in [0.25, 0.3) is 0 Å². The van der Waals surface area contributed by atoms with Gasteiger partial charge in [0.15, 0.2) is 5.84 Å². The number of aliphatic imine (C=N–C) groups is 2. The highest BCUT2D eigenvalue weighted by molar-refractivity contribution is 6.22. The van der Waals surface area contributed by atoms with E-state index in [4.69, 9.17) is 9.98 Å². The molecule has 1 aliphatic rings. The van der Waals surface area contributed by atoms with Gasteiger partial charge in [0.1, 0.15) is 12.0 Å². The van der Waals surface area contributed by atoms with Crippen LogP contribution in [0.3, 0.4) is 0 Å². The lowest BCUT2D eigenvalue weighted by molar-refractivity contribution is 0.674. The van der Waals surface area contributed by atoms with Crippen molar-refractivity contribution in [2.24, 2.45) is 9.98 Å². The maximum Gasteiger partial charge on any atom is 0.159 e. The summed E-state index contributed by atoms with van der Waals surface area (Å²) < 4.78 is 0. The molecule has 0 saturated carbocycles. The summed E-state index contributed by atoms with van der Waals surface area (Å²) in [7, 11) is 0. The van der Waals surface area contributed by atoms with Crippen LogP contribution < -0.4 is 5.32 Å². The fourth-order valence-electron chi connectivity index (χ4n) is 12.9. The molecule has 1 N–H and O–H groups in total. The summed E-state index contributed by atoms with van der Waals surface area (Å²) >= 11 is 0. The van der Waals surface area contributed by atoms with Gasteiger partial charge in [-0.2, -0.15) is 0 Å². The van der Waals surface area contributed by atoms with Gasteiger partial charge in [0.2, 0.25) is 0 Å². The second-order valence-electron chi connectivity index (χ2n) is 22.5. The van der Waals surface area contributed by atoms with E-state index in [1.807, 2.05) is 36.4 Å². The van der Waals surface area contributed by atoms with Crippen LogP contribution in [0.1, 0.15) is 22.9 Å². The Balaban J connectivity index is 0.624. The molecule has 1 unspecified atom stereocenters. The highest BCUT2D eigenvalue weighted by Crippen LogP contribution is 2.45. The molecule has 86 heavy (non-hydrogen) atoms. The van der Waals surface area contributed by atoms with Crippen LogP contribution in [0, 0.1) is 0 Å². The van der Waals surface area contributed by atoms with Gasteiger partial charge >= 0.3 is 0 Å². The first-order valence-corrected chi connectivity index (χ1v) is 29.5. The molecule has 0 amide bonds. The van der Waals surface area contributed by atoms with Gasteiger partial charge in [-0.15, -0.1) is 0 Å². The first-order chi connectivity index (χ1) is 42.6. The minimum Gasteiger partial charge on any atom is -0.344 e. The summed E-state index contributed by atoms with van der Waals surface area (Å²) in [6, 6.07) is 117. The third-order valence-corrected chi connectivity index (χ3v) is 17.3. The first-order valence-electron chi connectivity index (χ1n) is 29.5. The lowest BCUT2D eigenvalue weighted by Crippen LogP contribution is -2.33. The molecule has 3 heteroatoms. The average Bonchev–Trinajstić information content (AvgIpc) is 2.05. The van der Waals surface area contributed by atoms with Gasteiger partial charge < -0.3 is 5.32 Å². The van der Waals surface area contributed by atoms with E-state index in [1.165, 1.54) is 126 Å². The molecule has 402 valence electrons. The maximum absolute atomic E-state index is 5.01. The fraction of sp³-hybridized carbons (Fsp3) is 0.0120. The Morgan fingerprint density at radius 1 is 0.233 bits per heavy atom. The van der Waals surface area contributed by atoms with Gasteiger partial charge in [-0.1, -0.05) is 297 Å². The van der Waals surface area contributed by atoms with E-state index < -0.39 is 0 Å². The lowest BCUT2D eigenvalue weighted by Gasteiger charge is -2.23. The summed E-state index contributed by atoms with van der Waals surface area (Å²) in [4.78, 5) is 10.0. The normalized spacial score (nSPS) is 13.2. The Kier molecular flexibility index (Phi) is 12.6. The number of rotatable bonds is 10. The van der Waals surface area contributed by atoms with E-state index in [0.717, 1.165) is 33.9 Å². The minimum absolute atomic E-state index is 0.236. The predicted molar refractivity (Wildman–Crippen MR) is 364 cm³/mol. The predicted octanol–water partition coefficient (Wildman–Crippen LogP) is 21.6. The van der Waals surface area contributed by atoms with Gasteiger partial charge in [-0.05, 0) is 162 Å². The molecule has 0 bridgehead atoms. The minimum atomic E-state index is -0.236. The zero-order valence-corrected chi connectivity index (χ0v) is 47.1. The van der Waals surface area contributed by atoms with Crippen molar-refractivity contribution in [1.82, 2.24) is 5.32 Å². The third-order valence-electron chi connectivity index (χ3n) is 17.3. The quantitative estimate of drug-likeness (QED) is 0.136. The zero-order chi connectivity index (χ0) is 56.9. The van der Waals surface area contributed by atoms with Crippen molar-refractivity contribution in [3.63, 3.8) is 0 Å². The Morgan fingerprint density at radius 2 is 0.616 bits per heavy atom. The molecule has 16 rings (SSSR count). The molecule has 0 radical (unpaired) electrons. The smallest absolute Gasteiger partial charge is 0.159 e. The molecular formula is C83H55N3. The van der Waals surface area contributed by atoms with Crippen molar-refractivity contribution in [2.75, 3.05) is 0 Å². The van der Waals surface area contributed by atoms with Crippen LogP contribution >= 0.6 is 0 Å². The van der Waals surface area contributed by atoms with E-state index in [-0.39, 0.29) is 6.17 Å². The average molecular weight is 1090 g/mol. The Bertz CT molecular complexity index is 5080. The van der Waals surface area contributed by atoms with E-state index in [1.54, 1.807) is 0 Å². The van der Waals surface area contributed by atoms with E-state index in [0.29, 0.717) is 0 Å². The van der Waals surface area contributed by atoms with Crippen molar-refractivity contribution in [3.8, 4) is 77.9 Å². The number of amidine groups is 2. The van der Waals surface area contributed by atoms with Crippen molar-refractivity contribution >= 4 is 65.5 Å². The SMILES string of the molecule is c1ccc(C2=NC(c3ccccc3)NC(c3ccc(-c4ccc5cc(-c6ccc(-c7ccc(-c8ccc9cccc(-c%10ccc(-c%11c%12ccccc%12c(-c%12ccc%13ccccc%13c%12)c%12ccccc%11%12)cc%10)c9c8)cc7)cc6)ccc5c4)cc3)=N2)cc1. The van der Waals surface area contributed by atoms with Gasteiger partial charge in [-0.25, -0.2) is 9.98 Å². The highest BCUT2D eigenvalue weighted by atomic mass is 15.2. The molecule has 0 fully saturated rings. The molecular weight excluding hydrogens is 1040 g/mol. The van der Waals surface area contributed by atoms with Crippen LogP contribution in [0.4, 0.5) is 0 Å². The molecule has 1 atom stereocenters. The van der Waals surface area contributed by atoms with Crippen molar-refractivity contribution < 1.29 is 0 Å². The number of hydrogen-bond acceptors (Lipinski definition) is 3. The summed E-state index contributed by atoms with van der Waals surface area (Å²) in [5.41, 5.74) is 20.0. The fourth-order valence-corrected chi connectivity index (χ4v) is 12.9. The number of hydrogen-bond donors (Lipinski definition) is 1. The van der Waals surface area contributed by atoms with Crippen LogP contribution in [0.2, 0.25) is 0 Å². The van der Waals surface area contributed by atoms with Gasteiger partial charge in [0.05, 0.1) is 0 Å². The molecule has 0 saturated heterocycles. The summed E-state index contributed by atoms with van der Waals surface area (Å²) in [5.74, 6) is 1.53. The van der Waals surface area contributed by atoms with Crippen LogP contribution in [0.5, 0.6) is 0 Å². The first kappa shape index (κ1) is 50.5. The monoisotopic (exact) mass is 1090 g/mol. The van der Waals surface area contributed by atoms with Crippen molar-refractivity contribution in [1.29, 1.82) is 0 Å². The van der Waals surface area contributed by atoms with Crippen LogP contribution in [-0.2, 0) is 0 Å².